The van der Waals surface area contributed by atoms with E-state index in [9.17, 15) is 24.3 Å². The summed E-state index contributed by atoms with van der Waals surface area (Å²) < 4.78 is 33.2. The first-order valence-electron chi connectivity index (χ1n) is 12.9. The van der Waals surface area contributed by atoms with Crippen LogP contribution < -0.4 is 25.7 Å². The average molecular weight is 571 g/mol. The van der Waals surface area contributed by atoms with Gasteiger partial charge in [-0.3, -0.25) is 14.4 Å². The van der Waals surface area contributed by atoms with Crippen molar-refractivity contribution < 1.29 is 38.1 Å². The van der Waals surface area contributed by atoms with Crippen LogP contribution in [0.1, 0.15) is 30.6 Å². The van der Waals surface area contributed by atoms with E-state index in [-0.39, 0.29) is 35.3 Å². The van der Waals surface area contributed by atoms with Crippen molar-refractivity contribution in [3.05, 3.63) is 58.1 Å². The summed E-state index contributed by atoms with van der Waals surface area (Å²) in [4.78, 5) is 50.7. The van der Waals surface area contributed by atoms with Crippen molar-refractivity contribution >= 4 is 40.1 Å². The van der Waals surface area contributed by atoms with Gasteiger partial charge in [-0.05, 0) is 36.8 Å². The summed E-state index contributed by atoms with van der Waals surface area (Å²) in [5.41, 5.74) is -1.23. The summed E-state index contributed by atoms with van der Waals surface area (Å²) in [6.07, 6.45) is 1.73. The molecular weight excluding hydrogens is 539 g/mol. The maximum atomic E-state index is 16.0. The lowest BCUT2D eigenvalue weighted by Crippen LogP contribution is -2.35. The van der Waals surface area contributed by atoms with E-state index < -0.39 is 34.4 Å². The van der Waals surface area contributed by atoms with Crippen LogP contribution in [0, 0.1) is 5.82 Å². The van der Waals surface area contributed by atoms with Crippen LogP contribution in [-0.4, -0.2) is 73.7 Å². The molecule has 3 N–H and O–H groups in total. The van der Waals surface area contributed by atoms with Gasteiger partial charge < -0.3 is 39.4 Å². The molecule has 218 valence electrons. The van der Waals surface area contributed by atoms with Crippen molar-refractivity contribution in [3.8, 4) is 11.4 Å². The number of nitrogens with one attached hydrogen (secondary N) is 2. The van der Waals surface area contributed by atoms with Crippen LogP contribution in [0.3, 0.4) is 0 Å². The molecule has 0 radical (unpaired) electrons. The number of methoxy groups -OCH3 is 1. The first-order valence-corrected chi connectivity index (χ1v) is 12.9. The molecule has 1 aromatic heterocycles. The number of hydrogen-bond acceptors (Lipinski definition) is 8. The molecule has 1 atom stereocenters. The van der Waals surface area contributed by atoms with Crippen LogP contribution in [0.15, 0.2) is 41.3 Å². The summed E-state index contributed by atoms with van der Waals surface area (Å²) in [5, 5.41) is 14.7. The topological polar surface area (TPSA) is 148 Å². The van der Waals surface area contributed by atoms with E-state index in [1.54, 1.807) is 36.3 Å². The number of amides is 2. The highest BCUT2D eigenvalue weighted by atomic mass is 19.1. The van der Waals surface area contributed by atoms with Crippen LogP contribution in [0.5, 0.6) is 5.75 Å². The standard InChI is InChI=1S/C28H31FN4O8/c1-16(34)30-18-8-9-32(13-18)23-12-22-24(26(25(23)29)31-17(2)35)27(36)21(28(37)38)14-33(22)19-4-6-20(7-5-19)41-15-40-11-10-39-3/h4-7,12,14,18H,8-11,13,15H2,1-3H3,(H,30,34)(H,31,35)(H,37,38). The Hall–Kier alpha value is -4.49. The Bertz CT molecular complexity index is 1520. The first kappa shape index (κ1) is 29.5. The van der Waals surface area contributed by atoms with Gasteiger partial charge in [-0.1, -0.05) is 0 Å². The highest BCUT2D eigenvalue weighted by Gasteiger charge is 2.29. The van der Waals surface area contributed by atoms with Gasteiger partial charge in [-0.2, -0.15) is 0 Å². The van der Waals surface area contributed by atoms with E-state index in [2.05, 4.69) is 10.6 Å². The number of pyridine rings is 1. The number of carboxylic acids is 1. The molecule has 0 spiro atoms. The van der Waals surface area contributed by atoms with Crippen molar-refractivity contribution in [2.45, 2.75) is 26.3 Å². The largest absolute Gasteiger partial charge is 0.477 e. The highest BCUT2D eigenvalue weighted by molar-refractivity contribution is 6.05. The maximum Gasteiger partial charge on any atom is 0.341 e. The van der Waals surface area contributed by atoms with Gasteiger partial charge >= 0.3 is 5.97 Å². The summed E-state index contributed by atoms with van der Waals surface area (Å²) in [5.74, 6) is -2.75. The molecule has 2 heterocycles. The second-order valence-electron chi connectivity index (χ2n) is 9.50. The fourth-order valence-electron chi connectivity index (χ4n) is 4.73. The Morgan fingerprint density at radius 2 is 1.85 bits per heavy atom. The summed E-state index contributed by atoms with van der Waals surface area (Å²) in [7, 11) is 1.56. The van der Waals surface area contributed by atoms with Gasteiger partial charge in [0.2, 0.25) is 17.2 Å². The Morgan fingerprint density at radius 1 is 1.12 bits per heavy atom. The van der Waals surface area contributed by atoms with E-state index in [1.165, 1.54) is 23.8 Å². The molecule has 0 saturated carbocycles. The number of carboxylic acid groups (broad SMARTS) is 1. The van der Waals surface area contributed by atoms with E-state index >= 15 is 4.39 Å². The van der Waals surface area contributed by atoms with E-state index in [0.717, 1.165) is 6.92 Å². The molecular formula is C28H31FN4O8. The molecule has 1 aliphatic heterocycles. The number of anilines is 2. The van der Waals surface area contributed by atoms with E-state index in [1.807, 2.05) is 0 Å². The van der Waals surface area contributed by atoms with Crippen LogP contribution in [0.4, 0.5) is 15.8 Å². The lowest BCUT2D eigenvalue weighted by Gasteiger charge is -2.24. The van der Waals surface area contributed by atoms with E-state index in [0.29, 0.717) is 44.2 Å². The van der Waals surface area contributed by atoms with Crippen molar-refractivity contribution in [1.82, 2.24) is 9.88 Å². The van der Waals surface area contributed by atoms with Crippen LogP contribution in [0.25, 0.3) is 16.6 Å². The van der Waals surface area contributed by atoms with Gasteiger partial charge in [0.05, 0.1) is 35.5 Å². The zero-order valence-corrected chi connectivity index (χ0v) is 22.9. The third-order valence-corrected chi connectivity index (χ3v) is 6.54. The number of hydrogen-bond donors (Lipinski definition) is 3. The van der Waals surface area contributed by atoms with Crippen LogP contribution >= 0.6 is 0 Å². The minimum Gasteiger partial charge on any atom is -0.477 e. The third-order valence-electron chi connectivity index (χ3n) is 6.54. The zero-order valence-electron chi connectivity index (χ0n) is 22.9. The fraction of sp³-hybridized carbons (Fsp3) is 0.357. The molecule has 3 aromatic rings. The van der Waals surface area contributed by atoms with Crippen molar-refractivity contribution in [2.24, 2.45) is 0 Å². The molecule has 12 nitrogen and oxygen atoms in total. The predicted octanol–water partition coefficient (Wildman–Crippen LogP) is 2.50. The minimum absolute atomic E-state index is 0.00908. The number of nitrogens with zero attached hydrogens (tertiary/aromatic N) is 2. The van der Waals surface area contributed by atoms with Crippen LogP contribution in [-0.2, 0) is 19.1 Å². The van der Waals surface area contributed by atoms with Gasteiger partial charge in [0.1, 0.15) is 11.3 Å². The molecule has 1 unspecified atom stereocenters. The lowest BCUT2D eigenvalue weighted by atomic mass is 10.1. The van der Waals surface area contributed by atoms with Gasteiger partial charge in [-0.15, -0.1) is 0 Å². The Balaban J connectivity index is 1.84. The monoisotopic (exact) mass is 570 g/mol. The fourth-order valence-corrected chi connectivity index (χ4v) is 4.73. The number of halogens is 1. The molecule has 4 rings (SSSR count). The number of aromatic nitrogens is 1. The van der Waals surface area contributed by atoms with Gasteiger partial charge in [0.15, 0.2) is 12.6 Å². The van der Waals surface area contributed by atoms with E-state index in [4.69, 9.17) is 14.2 Å². The summed E-state index contributed by atoms with van der Waals surface area (Å²) in [6, 6.07) is 7.80. The smallest absolute Gasteiger partial charge is 0.341 e. The normalized spacial score (nSPS) is 14.7. The number of carbonyl (C=O) groups is 3. The number of fused-ring (bicyclic) bond motifs is 1. The molecule has 0 bridgehead atoms. The molecule has 0 aliphatic carbocycles. The third kappa shape index (κ3) is 6.64. The summed E-state index contributed by atoms with van der Waals surface area (Å²) >= 11 is 0. The quantitative estimate of drug-likeness (QED) is 0.234. The van der Waals surface area contributed by atoms with Gasteiger partial charge in [0, 0.05) is 52.0 Å². The molecule has 1 fully saturated rings. The zero-order chi connectivity index (χ0) is 29.7. The second kappa shape index (κ2) is 12.8. The number of aromatic carboxylic acids is 1. The maximum absolute atomic E-state index is 16.0. The molecule has 1 saturated heterocycles. The molecule has 13 heteroatoms. The molecule has 1 aliphatic rings. The number of ether oxygens (including phenoxy) is 3. The summed E-state index contributed by atoms with van der Waals surface area (Å²) in [6.45, 7) is 4.04. The van der Waals surface area contributed by atoms with Gasteiger partial charge in [-0.25, -0.2) is 9.18 Å². The van der Waals surface area contributed by atoms with Crippen LogP contribution in [0.2, 0.25) is 0 Å². The minimum atomic E-state index is -1.50. The van der Waals surface area contributed by atoms with Crippen molar-refractivity contribution in [1.29, 1.82) is 0 Å². The average Bonchev–Trinajstić information content (AvgIpc) is 3.37. The molecule has 2 aromatic carbocycles. The molecule has 41 heavy (non-hydrogen) atoms. The SMILES string of the molecule is COCCOCOc1ccc(-n2cc(C(=O)O)c(=O)c3c(NC(C)=O)c(F)c(N4CCC(NC(C)=O)C4)cc32)cc1. The van der Waals surface area contributed by atoms with Crippen molar-refractivity contribution in [2.75, 3.05) is 50.4 Å². The molecule has 2 amide bonds. The Morgan fingerprint density at radius 3 is 2.49 bits per heavy atom. The van der Waals surface area contributed by atoms with Crippen molar-refractivity contribution in [3.63, 3.8) is 0 Å². The number of benzene rings is 2. The number of rotatable bonds is 11. The lowest BCUT2D eigenvalue weighted by molar-refractivity contribution is -0.119. The Labute approximate surface area is 234 Å². The van der Waals surface area contributed by atoms with Gasteiger partial charge in [0.25, 0.3) is 0 Å². The second-order valence-corrected chi connectivity index (χ2v) is 9.50. The highest BCUT2D eigenvalue weighted by Crippen LogP contribution is 2.36. The predicted molar refractivity (Wildman–Crippen MR) is 149 cm³/mol. The number of carbonyl (C=O) groups excluding carboxylic acids is 2. The first-order chi connectivity index (χ1) is 19.6. The Kier molecular flexibility index (Phi) is 9.20.